The van der Waals surface area contributed by atoms with Crippen LogP contribution in [0.25, 0.3) is 0 Å². The van der Waals surface area contributed by atoms with Gasteiger partial charge in [-0.15, -0.1) is 0 Å². The first-order valence-corrected chi connectivity index (χ1v) is 7.95. The summed E-state index contributed by atoms with van der Waals surface area (Å²) in [7, 11) is 0. The summed E-state index contributed by atoms with van der Waals surface area (Å²) in [6.07, 6.45) is 4.59. The second-order valence-corrected chi connectivity index (χ2v) is 6.21. The maximum absolute atomic E-state index is 13.2. The zero-order valence-electron chi connectivity index (χ0n) is 13.2. The van der Waals surface area contributed by atoms with Crippen LogP contribution in [0.15, 0.2) is 18.2 Å². The van der Waals surface area contributed by atoms with Crippen molar-refractivity contribution in [2.45, 2.75) is 51.6 Å². The number of carbonyl (C=O) groups is 1. The third-order valence-corrected chi connectivity index (χ3v) is 4.47. The largest absolute Gasteiger partial charge is 0.352 e. The number of benzene rings is 1. The molecule has 0 aromatic heterocycles. The van der Waals surface area contributed by atoms with Crippen molar-refractivity contribution in [1.29, 1.82) is 0 Å². The number of amides is 1. The predicted octanol–water partition coefficient (Wildman–Crippen LogP) is 3.31. The number of halogens is 2. The van der Waals surface area contributed by atoms with Gasteiger partial charge < -0.3 is 10.6 Å². The first-order chi connectivity index (χ1) is 10.5. The van der Waals surface area contributed by atoms with E-state index >= 15 is 0 Å². The fraction of sp³-hybridized carbons (Fsp3) is 0.588. The van der Waals surface area contributed by atoms with E-state index in [1.165, 1.54) is 12.5 Å². The van der Waals surface area contributed by atoms with Crippen molar-refractivity contribution in [3.63, 3.8) is 0 Å². The molecule has 0 bridgehead atoms. The van der Waals surface area contributed by atoms with Gasteiger partial charge in [-0.3, -0.25) is 4.79 Å². The molecule has 0 spiro atoms. The summed E-state index contributed by atoms with van der Waals surface area (Å²) in [6, 6.07) is 3.82. The van der Waals surface area contributed by atoms with Gasteiger partial charge in [0.15, 0.2) is 11.6 Å². The summed E-state index contributed by atoms with van der Waals surface area (Å²) < 4.78 is 26.1. The van der Waals surface area contributed by atoms with Gasteiger partial charge in [0.2, 0.25) is 5.91 Å². The summed E-state index contributed by atoms with van der Waals surface area (Å²) in [5, 5.41) is 6.11. The molecule has 0 unspecified atom stereocenters. The van der Waals surface area contributed by atoms with Crippen LogP contribution in [0.2, 0.25) is 0 Å². The van der Waals surface area contributed by atoms with E-state index in [2.05, 4.69) is 17.6 Å². The molecular weight excluding hydrogens is 286 g/mol. The molecule has 0 radical (unpaired) electrons. The van der Waals surface area contributed by atoms with Crippen molar-refractivity contribution < 1.29 is 13.6 Å². The van der Waals surface area contributed by atoms with Crippen LogP contribution < -0.4 is 10.6 Å². The average Bonchev–Trinajstić information content (AvgIpc) is 2.50. The van der Waals surface area contributed by atoms with Crippen molar-refractivity contribution in [2.24, 2.45) is 5.92 Å². The summed E-state index contributed by atoms with van der Waals surface area (Å²) >= 11 is 0. The Balaban J connectivity index is 1.81. The topological polar surface area (TPSA) is 41.1 Å². The molecule has 1 saturated carbocycles. The quantitative estimate of drug-likeness (QED) is 0.876. The van der Waals surface area contributed by atoms with Gasteiger partial charge in [-0.25, -0.2) is 8.78 Å². The van der Waals surface area contributed by atoms with Gasteiger partial charge in [0, 0.05) is 12.1 Å². The first kappa shape index (κ1) is 16.9. The number of hydrogen-bond acceptors (Lipinski definition) is 2. The molecule has 1 amide bonds. The van der Waals surface area contributed by atoms with Crippen LogP contribution in [-0.4, -0.2) is 18.5 Å². The SMILES string of the molecule is C[C@H](NCC(=O)N[C@H]1CCCC[C@@H]1C)c1ccc(F)c(F)c1. The van der Waals surface area contributed by atoms with Crippen molar-refractivity contribution in [3.8, 4) is 0 Å². The first-order valence-electron chi connectivity index (χ1n) is 7.95. The molecule has 1 aromatic rings. The molecule has 1 fully saturated rings. The Morgan fingerprint density at radius 3 is 2.68 bits per heavy atom. The molecule has 5 heteroatoms. The maximum Gasteiger partial charge on any atom is 0.234 e. The molecule has 2 rings (SSSR count). The van der Waals surface area contributed by atoms with Crippen LogP contribution >= 0.6 is 0 Å². The molecule has 1 aromatic carbocycles. The van der Waals surface area contributed by atoms with Crippen LogP contribution in [0.4, 0.5) is 8.78 Å². The van der Waals surface area contributed by atoms with Gasteiger partial charge >= 0.3 is 0 Å². The smallest absolute Gasteiger partial charge is 0.234 e. The van der Waals surface area contributed by atoms with Gasteiger partial charge in [0.05, 0.1) is 6.54 Å². The Labute approximate surface area is 130 Å². The van der Waals surface area contributed by atoms with Crippen LogP contribution in [0, 0.1) is 17.6 Å². The third kappa shape index (κ3) is 4.50. The fourth-order valence-electron chi connectivity index (χ4n) is 2.93. The van der Waals surface area contributed by atoms with E-state index in [9.17, 15) is 13.6 Å². The van der Waals surface area contributed by atoms with Crippen molar-refractivity contribution >= 4 is 5.91 Å². The molecule has 1 aliphatic carbocycles. The highest BCUT2D eigenvalue weighted by Crippen LogP contribution is 2.23. The van der Waals surface area contributed by atoms with Crippen LogP contribution in [0.1, 0.15) is 51.1 Å². The molecule has 0 aliphatic heterocycles. The minimum Gasteiger partial charge on any atom is -0.352 e. The Kier molecular flexibility index (Phi) is 5.89. The Morgan fingerprint density at radius 1 is 1.27 bits per heavy atom. The van der Waals surface area contributed by atoms with Crippen LogP contribution in [0.3, 0.4) is 0 Å². The lowest BCUT2D eigenvalue weighted by molar-refractivity contribution is -0.121. The minimum absolute atomic E-state index is 0.0480. The Bertz CT molecular complexity index is 521. The number of carbonyl (C=O) groups excluding carboxylic acids is 1. The van der Waals surface area contributed by atoms with E-state index < -0.39 is 11.6 Å². The lowest BCUT2D eigenvalue weighted by Crippen LogP contribution is -2.45. The Morgan fingerprint density at radius 2 is 2.00 bits per heavy atom. The lowest BCUT2D eigenvalue weighted by atomic mass is 9.86. The number of rotatable bonds is 5. The monoisotopic (exact) mass is 310 g/mol. The zero-order valence-corrected chi connectivity index (χ0v) is 13.2. The van der Waals surface area contributed by atoms with E-state index in [-0.39, 0.29) is 24.5 Å². The molecule has 2 N–H and O–H groups in total. The van der Waals surface area contributed by atoms with E-state index in [1.54, 1.807) is 0 Å². The highest BCUT2D eigenvalue weighted by molar-refractivity contribution is 5.78. The van der Waals surface area contributed by atoms with Crippen molar-refractivity contribution in [2.75, 3.05) is 6.54 Å². The van der Waals surface area contributed by atoms with Gasteiger partial charge in [-0.05, 0) is 43.4 Å². The van der Waals surface area contributed by atoms with Gasteiger partial charge in [-0.1, -0.05) is 25.8 Å². The third-order valence-electron chi connectivity index (χ3n) is 4.47. The highest BCUT2D eigenvalue weighted by Gasteiger charge is 2.22. The second kappa shape index (κ2) is 7.68. The van der Waals surface area contributed by atoms with Crippen LogP contribution in [-0.2, 0) is 4.79 Å². The second-order valence-electron chi connectivity index (χ2n) is 6.21. The molecule has 122 valence electrons. The predicted molar refractivity (Wildman–Crippen MR) is 82.3 cm³/mol. The van der Waals surface area contributed by atoms with Crippen molar-refractivity contribution in [3.05, 3.63) is 35.4 Å². The molecule has 22 heavy (non-hydrogen) atoms. The number of hydrogen-bond donors (Lipinski definition) is 2. The van der Waals surface area contributed by atoms with Crippen molar-refractivity contribution in [1.82, 2.24) is 10.6 Å². The van der Waals surface area contributed by atoms with E-state index in [4.69, 9.17) is 0 Å². The highest BCUT2D eigenvalue weighted by atomic mass is 19.2. The maximum atomic E-state index is 13.2. The number of nitrogens with one attached hydrogen (secondary N) is 2. The van der Waals surface area contributed by atoms with E-state index in [0.717, 1.165) is 31.4 Å². The summed E-state index contributed by atoms with van der Waals surface area (Å²) in [6.45, 7) is 4.16. The molecule has 1 aliphatic rings. The van der Waals surface area contributed by atoms with E-state index in [0.29, 0.717) is 11.5 Å². The zero-order chi connectivity index (χ0) is 16.1. The molecule has 3 atom stereocenters. The average molecular weight is 310 g/mol. The standard InChI is InChI=1S/C17H24F2N2O/c1-11-5-3-4-6-16(11)21-17(22)10-20-12(2)13-7-8-14(18)15(19)9-13/h7-9,11-12,16,20H,3-6,10H2,1-2H3,(H,21,22)/t11-,12-,16-/m0/s1. The summed E-state index contributed by atoms with van der Waals surface area (Å²) in [4.78, 5) is 12.0. The lowest BCUT2D eigenvalue weighted by Gasteiger charge is -2.29. The molecule has 3 nitrogen and oxygen atoms in total. The summed E-state index contributed by atoms with van der Waals surface area (Å²) in [5.74, 6) is -1.26. The Hall–Kier alpha value is -1.49. The summed E-state index contributed by atoms with van der Waals surface area (Å²) in [5.41, 5.74) is 0.623. The van der Waals surface area contributed by atoms with Gasteiger partial charge in [-0.2, -0.15) is 0 Å². The van der Waals surface area contributed by atoms with Gasteiger partial charge in [0.25, 0.3) is 0 Å². The molecule has 0 saturated heterocycles. The van der Waals surface area contributed by atoms with Gasteiger partial charge in [0.1, 0.15) is 0 Å². The van der Waals surface area contributed by atoms with E-state index in [1.807, 2.05) is 6.92 Å². The molecule has 0 heterocycles. The minimum atomic E-state index is -0.869. The fourth-order valence-corrected chi connectivity index (χ4v) is 2.93. The normalized spacial score (nSPS) is 23.1. The molecular formula is C17H24F2N2O. The van der Waals surface area contributed by atoms with Crippen LogP contribution in [0.5, 0.6) is 0 Å².